The van der Waals surface area contributed by atoms with Gasteiger partial charge < -0.3 is 11.1 Å². The van der Waals surface area contributed by atoms with E-state index in [1.807, 2.05) is 43.3 Å². The number of aryl methyl sites for hydroxylation is 1. The largest absolute Gasteiger partial charge is 0.384 e. The summed E-state index contributed by atoms with van der Waals surface area (Å²) in [5, 5.41) is 8.10. The van der Waals surface area contributed by atoms with Gasteiger partial charge in [0.05, 0.1) is 15.9 Å². The molecule has 0 atom stereocenters. The zero-order chi connectivity index (χ0) is 24.0. The summed E-state index contributed by atoms with van der Waals surface area (Å²) in [4.78, 5) is 22.7. The molecule has 0 saturated heterocycles. The predicted molar refractivity (Wildman–Crippen MR) is 131 cm³/mol. The summed E-state index contributed by atoms with van der Waals surface area (Å²) >= 11 is 0. The summed E-state index contributed by atoms with van der Waals surface area (Å²) in [7, 11) is -3.86. The van der Waals surface area contributed by atoms with Crippen molar-refractivity contribution in [1.29, 1.82) is 0 Å². The third-order valence-electron chi connectivity index (χ3n) is 5.42. The van der Waals surface area contributed by atoms with E-state index < -0.39 is 15.9 Å². The predicted octanol–water partition coefficient (Wildman–Crippen LogP) is 3.36. The lowest BCUT2D eigenvalue weighted by Crippen LogP contribution is -2.14. The van der Waals surface area contributed by atoms with Crippen LogP contribution in [0.5, 0.6) is 0 Å². The minimum atomic E-state index is -3.86. The smallest absolute Gasteiger partial charge is 0.261 e. The standard InChI is InChI=1S/C24H20N6O3S/c1-14-5-4-6-15(13-14)27-24(31)20-21-23(29-19-8-3-2-7-18(19)28-21)30(22(20)25)16-9-11-17(12-10-16)34(26,32)33/h2-13H,25H2,1H3,(H,27,31)(H2,26,32,33). The molecule has 2 aromatic heterocycles. The number of anilines is 2. The van der Waals surface area contributed by atoms with Crippen LogP contribution in [0.1, 0.15) is 15.9 Å². The molecule has 0 aliphatic carbocycles. The number of carbonyl (C=O) groups excluding carboxylic acids is 1. The summed E-state index contributed by atoms with van der Waals surface area (Å²) in [5.74, 6) is -0.309. The molecule has 9 nitrogen and oxygen atoms in total. The van der Waals surface area contributed by atoms with Gasteiger partial charge in [-0.1, -0.05) is 24.3 Å². The van der Waals surface area contributed by atoms with Gasteiger partial charge in [-0.05, 0) is 61.0 Å². The normalized spacial score (nSPS) is 11.7. The monoisotopic (exact) mass is 472 g/mol. The van der Waals surface area contributed by atoms with Crippen molar-refractivity contribution >= 4 is 49.6 Å². The van der Waals surface area contributed by atoms with Crippen LogP contribution < -0.4 is 16.2 Å². The number of nitrogen functional groups attached to an aromatic ring is 1. The van der Waals surface area contributed by atoms with Gasteiger partial charge >= 0.3 is 0 Å². The van der Waals surface area contributed by atoms with Gasteiger partial charge in [0.15, 0.2) is 5.65 Å². The second-order valence-corrected chi connectivity index (χ2v) is 9.40. The Balaban J connectivity index is 1.73. The van der Waals surface area contributed by atoms with E-state index in [0.717, 1.165) is 5.56 Å². The van der Waals surface area contributed by atoms with Crippen molar-refractivity contribution < 1.29 is 13.2 Å². The number of nitrogens with two attached hydrogens (primary N) is 2. The van der Waals surface area contributed by atoms with Gasteiger partial charge in [0.1, 0.15) is 16.9 Å². The Bertz CT molecular complexity index is 1690. The quantitative estimate of drug-likeness (QED) is 0.365. The highest BCUT2D eigenvalue weighted by Gasteiger charge is 2.25. The molecule has 2 heterocycles. The average Bonchev–Trinajstić information content (AvgIpc) is 3.07. The topological polar surface area (TPSA) is 146 Å². The number of carbonyl (C=O) groups is 1. The van der Waals surface area contributed by atoms with E-state index in [0.29, 0.717) is 33.6 Å². The summed E-state index contributed by atoms with van der Waals surface area (Å²) in [6, 6.07) is 20.5. The van der Waals surface area contributed by atoms with Crippen molar-refractivity contribution in [3.05, 3.63) is 83.9 Å². The van der Waals surface area contributed by atoms with Crippen molar-refractivity contribution in [2.24, 2.45) is 5.14 Å². The molecular weight excluding hydrogens is 452 g/mol. The lowest BCUT2D eigenvalue weighted by molar-refractivity contribution is 0.102. The number of nitrogens with one attached hydrogen (secondary N) is 1. The minimum Gasteiger partial charge on any atom is -0.384 e. The first-order valence-corrected chi connectivity index (χ1v) is 11.8. The Kier molecular flexibility index (Phi) is 5.03. The fourth-order valence-corrected chi connectivity index (χ4v) is 4.36. The SMILES string of the molecule is Cc1cccc(NC(=O)c2c(N)n(-c3ccc(S(N)(=O)=O)cc3)c3nc4ccccc4nc23)c1. The molecule has 0 spiro atoms. The van der Waals surface area contributed by atoms with E-state index in [1.165, 1.54) is 12.1 Å². The van der Waals surface area contributed by atoms with Gasteiger partial charge in [-0.3, -0.25) is 9.36 Å². The Morgan fingerprint density at radius 2 is 1.62 bits per heavy atom. The molecule has 1 amide bonds. The molecule has 0 fully saturated rings. The van der Waals surface area contributed by atoms with Gasteiger partial charge in [-0.25, -0.2) is 23.5 Å². The maximum Gasteiger partial charge on any atom is 0.261 e. The van der Waals surface area contributed by atoms with Gasteiger partial charge in [-0.2, -0.15) is 0 Å². The maximum atomic E-state index is 13.4. The molecule has 0 aliphatic heterocycles. The number of nitrogens with zero attached hydrogens (tertiary/aromatic N) is 3. The maximum absolute atomic E-state index is 13.4. The Labute approximate surface area is 195 Å². The number of primary sulfonamides is 1. The zero-order valence-corrected chi connectivity index (χ0v) is 18.9. The summed E-state index contributed by atoms with van der Waals surface area (Å²) in [5.41, 5.74) is 10.7. The third kappa shape index (κ3) is 3.74. The van der Waals surface area contributed by atoms with Crippen LogP contribution in [0.2, 0.25) is 0 Å². The van der Waals surface area contributed by atoms with Crippen molar-refractivity contribution in [3.63, 3.8) is 0 Å². The molecule has 0 aliphatic rings. The second kappa shape index (κ2) is 7.94. The number of para-hydroxylation sites is 2. The zero-order valence-electron chi connectivity index (χ0n) is 18.1. The summed E-state index contributed by atoms with van der Waals surface area (Å²) in [6.45, 7) is 1.93. The van der Waals surface area contributed by atoms with Crippen molar-refractivity contribution in [3.8, 4) is 5.69 Å². The number of sulfonamides is 1. The fraction of sp³-hybridized carbons (Fsp3) is 0.0417. The number of fused-ring (bicyclic) bond motifs is 2. The molecule has 10 heteroatoms. The van der Waals surface area contributed by atoms with E-state index in [1.54, 1.807) is 28.8 Å². The number of aromatic nitrogens is 3. The summed E-state index contributed by atoms with van der Waals surface area (Å²) in [6.07, 6.45) is 0. The molecular formula is C24H20N6O3S. The first-order chi connectivity index (χ1) is 16.2. The van der Waals surface area contributed by atoms with Gasteiger partial charge in [0.25, 0.3) is 5.91 Å². The van der Waals surface area contributed by atoms with Crippen LogP contribution >= 0.6 is 0 Å². The van der Waals surface area contributed by atoms with Crippen LogP contribution in [0.15, 0.2) is 77.7 Å². The van der Waals surface area contributed by atoms with Crippen LogP contribution in [-0.2, 0) is 10.0 Å². The van der Waals surface area contributed by atoms with Crippen LogP contribution in [-0.4, -0.2) is 28.9 Å². The Hall–Kier alpha value is -4.28. The number of rotatable bonds is 4. The number of benzene rings is 3. The van der Waals surface area contributed by atoms with Crippen LogP contribution in [0.4, 0.5) is 11.5 Å². The van der Waals surface area contributed by atoms with Gasteiger partial charge in [0, 0.05) is 11.4 Å². The molecule has 3 aromatic carbocycles. The first kappa shape index (κ1) is 21.6. The van der Waals surface area contributed by atoms with Crippen LogP contribution in [0.3, 0.4) is 0 Å². The van der Waals surface area contributed by atoms with Crippen LogP contribution in [0.25, 0.3) is 27.9 Å². The lowest BCUT2D eigenvalue weighted by Gasteiger charge is -2.09. The van der Waals surface area contributed by atoms with Gasteiger partial charge in [0.2, 0.25) is 10.0 Å². The molecule has 34 heavy (non-hydrogen) atoms. The molecule has 5 aromatic rings. The highest BCUT2D eigenvalue weighted by molar-refractivity contribution is 7.89. The number of amides is 1. The molecule has 0 unspecified atom stereocenters. The van der Waals surface area contributed by atoms with E-state index in [2.05, 4.69) is 10.3 Å². The van der Waals surface area contributed by atoms with Crippen molar-refractivity contribution in [2.75, 3.05) is 11.1 Å². The molecule has 5 N–H and O–H groups in total. The second-order valence-electron chi connectivity index (χ2n) is 7.84. The van der Waals surface area contributed by atoms with Crippen molar-refractivity contribution in [1.82, 2.24) is 14.5 Å². The van der Waals surface area contributed by atoms with Crippen LogP contribution in [0, 0.1) is 6.92 Å². The average molecular weight is 473 g/mol. The molecule has 0 radical (unpaired) electrons. The summed E-state index contributed by atoms with van der Waals surface area (Å²) < 4.78 is 24.9. The molecule has 0 saturated carbocycles. The highest BCUT2D eigenvalue weighted by atomic mass is 32.2. The minimum absolute atomic E-state index is 0.0415. The van der Waals surface area contributed by atoms with Crippen molar-refractivity contribution in [2.45, 2.75) is 11.8 Å². The van der Waals surface area contributed by atoms with Gasteiger partial charge in [-0.15, -0.1) is 0 Å². The Morgan fingerprint density at radius 3 is 2.26 bits per heavy atom. The van der Waals surface area contributed by atoms with E-state index >= 15 is 0 Å². The van der Waals surface area contributed by atoms with E-state index in [-0.39, 0.29) is 16.3 Å². The highest BCUT2D eigenvalue weighted by Crippen LogP contribution is 2.32. The van der Waals surface area contributed by atoms with E-state index in [4.69, 9.17) is 15.9 Å². The first-order valence-electron chi connectivity index (χ1n) is 10.3. The fourth-order valence-electron chi connectivity index (χ4n) is 3.85. The lowest BCUT2D eigenvalue weighted by atomic mass is 10.2. The van der Waals surface area contributed by atoms with E-state index in [9.17, 15) is 13.2 Å². The Morgan fingerprint density at radius 1 is 0.941 bits per heavy atom. The molecule has 0 bridgehead atoms. The number of hydrogen-bond acceptors (Lipinski definition) is 6. The number of hydrogen-bond donors (Lipinski definition) is 3. The molecule has 170 valence electrons. The molecule has 5 rings (SSSR count). The third-order valence-corrected chi connectivity index (χ3v) is 6.35.